The minimum absolute atomic E-state index is 0.407. The van der Waals surface area contributed by atoms with Crippen LogP contribution in [0.1, 0.15) is 20.8 Å². The van der Waals surface area contributed by atoms with Gasteiger partial charge in [0.1, 0.15) is 0 Å². The van der Waals surface area contributed by atoms with Gasteiger partial charge in [0, 0.05) is 19.6 Å². The molecule has 0 spiro atoms. The molecule has 0 amide bonds. The Hall–Kier alpha value is -0.240. The van der Waals surface area contributed by atoms with Gasteiger partial charge < -0.3 is 0 Å². The minimum Gasteiger partial charge on any atom is -0.283 e. The molecule has 4 N–H and O–H groups in total. The first-order valence-electron chi connectivity index (χ1n) is 6.82. The Kier molecular flexibility index (Phi) is 7.28. The van der Waals surface area contributed by atoms with Gasteiger partial charge >= 0.3 is 0 Å². The van der Waals surface area contributed by atoms with Gasteiger partial charge in [0.2, 0.25) is 0 Å². The summed E-state index contributed by atoms with van der Waals surface area (Å²) in [6.07, 6.45) is 0. The van der Waals surface area contributed by atoms with E-state index in [-0.39, 0.29) is 0 Å². The van der Waals surface area contributed by atoms with Crippen LogP contribution in [0.4, 0.5) is 0 Å². The molecule has 0 aromatic heterocycles. The molecule has 2 atom stereocenters. The third-order valence-electron chi connectivity index (χ3n) is 3.83. The van der Waals surface area contributed by atoms with Crippen LogP contribution in [0.25, 0.3) is 0 Å². The predicted octanol–water partition coefficient (Wildman–Crippen LogP) is -0.392. The maximum Gasteiger partial charge on any atom is 0.292 e. The Bertz CT molecular complexity index is 231. The zero-order valence-corrected chi connectivity index (χ0v) is 13.2. The van der Waals surface area contributed by atoms with Crippen LogP contribution in [-0.2, 0) is 0 Å². The van der Waals surface area contributed by atoms with E-state index in [9.17, 15) is 0 Å². The molecule has 0 aliphatic rings. The number of hydrogen-bond acceptors (Lipinski definition) is 5. The number of nitrogens with two attached hydrogens (primary N) is 1. The highest BCUT2D eigenvalue weighted by molar-refractivity contribution is 4.71. The smallest absolute Gasteiger partial charge is 0.283 e. The van der Waals surface area contributed by atoms with Crippen LogP contribution in [0.3, 0.4) is 0 Å². The van der Waals surface area contributed by atoms with Crippen molar-refractivity contribution in [2.24, 2.45) is 5.73 Å². The number of rotatable bonds is 9. The Morgan fingerprint density at radius 3 is 1.89 bits per heavy atom. The molecule has 0 rings (SSSR count). The van der Waals surface area contributed by atoms with Gasteiger partial charge in [-0.1, -0.05) is 6.92 Å². The summed E-state index contributed by atoms with van der Waals surface area (Å²) in [5.74, 6) is -0.407. The monoisotopic (exact) mass is 261 g/mol. The molecule has 2 unspecified atom stereocenters. The lowest BCUT2D eigenvalue weighted by Gasteiger charge is -2.55. The first-order chi connectivity index (χ1) is 8.39. The van der Waals surface area contributed by atoms with E-state index < -0.39 is 5.91 Å². The Balaban J connectivity index is 5.63. The van der Waals surface area contributed by atoms with Crippen LogP contribution in [0.2, 0.25) is 0 Å². The van der Waals surface area contributed by atoms with Crippen LogP contribution < -0.4 is 16.4 Å². The highest BCUT2D eigenvalue weighted by Crippen LogP contribution is 2.22. The van der Waals surface area contributed by atoms with E-state index in [1.54, 1.807) is 0 Å². The fourth-order valence-electron chi connectivity index (χ4n) is 2.86. The van der Waals surface area contributed by atoms with Crippen molar-refractivity contribution in [2.75, 3.05) is 54.5 Å². The van der Waals surface area contributed by atoms with Crippen molar-refractivity contribution < 1.29 is 4.59 Å². The lowest BCUT2D eigenvalue weighted by Crippen LogP contribution is -2.85. The van der Waals surface area contributed by atoms with Crippen molar-refractivity contribution in [1.29, 1.82) is 0 Å². The number of hydrogen-bond donors (Lipinski definition) is 3. The van der Waals surface area contributed by atoms with Crippen LogP contribution in [0.15, 0.2) is 0 Å². The molecule has 6 heteroatoms. The molecule has 0 saturated carbocycles. The lowest BCUT2D eigenvalue weighted by atomic mass is 10.3. The van der Waals surface area contributed by atoms with E-state index in [0.717, 1.165) is 19.6 Å². The van der Waals surface area contributed by atoms with Crippen molar-refractivity contribution >= 4 is 0 Å². The summed E-state index contributed by atoms with van der Waals surface area (Å²) in [4.78, 5) is 2.15. The van der Waals surface area contributed by atoms with Gasteiger partial charge in [-0.3, -0.25) is 5.73 Å². The quantitative estimate of drug-likeness (QED) is 0.300. The fraction of sp³-hybridized carbons (Fsp3) is 1.00. The average Bonchev–Trinajstić information content (AvgIpc) is 2.36. The van der Waals surface area contributed by atoms with Gasteiger partial charge in [-0.2, -0.15) is 9.60 Å². The SMILES string of the molecule is CCNC(NC)(N(C)C)[N+](C)(CN)N(CC)CC. The second-order valence-electron chi connectivity index (χ2n) is 4.81. The summed E-state index contributed by atoms with van der Waals surface area (Å²) in [5, 5.41) is 9.32. The lowest BCUT2D eigenvalue weighted by molar-refractivity contribution is -1.08. The van der Waals surface area contributed by atoms with Gasteiger partial charge in [-0.25, -0.2) is 15.5 Å². The molecule has 0 heterocycles. The summed E-state index contributed by atoms with van der Waals surface area (Å²) in [6, 6.07) is 0. The van der Waals surface area contributed by atoms with Gasteiger partial charge in [-0.05, 0) is 35.0 Å². The van der Waals surface area contributed by atoms with Crippen LogP contribution in [0, 0.1) is 0 Å². The minimum atomic E-state index is -0.407. The second kappa shape index (κ2) is 7.37. The van der Waals surface area contributed by atoms with Crippen molar-refractivity contribution in [2.45, 2.75) is 26.7 Å². The number of nitrogens with zero attached hydrogens (tertiary/aromatic N) is 3. The van der Waals surface area contributed by atoms with Crippen molar-refractivity contribution in [3.05, 3.63) is 0 Å². The molecule has 0 aliphatic carbocycles. The molecule has 6 nitrogen and oxygen atoms in total. The van der Waals surface area contributed by atoms with E-state index in [2.05, 4.69) is 62.5 Å². The topological polar surface area (TPSA) is 56.6 Å². The Morgan fingerprint density at radius 1 is 1.17 bits per heavy atom. The van der Waals surface area contributed by atoms with E-state index in [0.29, 0.717) is 11.3 Å². The van der Waals surface area contributed by atoms with Gasteiger partial charge in [-0.15, -0.1) is 0 Å². The standard InChI is InChI=1S/C12H33N6/c1-8-15-12(14-4,16(5)6)18(7,11-13)17(9-2)10-3/h14-15H,8-11,13H2,1-7H3/q+1. The van der Waals surface area contributed by atoms with E-state index in [1.165, 1.54) is 0 Å². The highest BCUT2D eigenvalue weighted by Gasteiger charge is 2.52. The molecule has 0 saturated heterocycles. The normalized spacial score (nSPS) is 19.0. The second-order valence-corrected chi connectivity index (χ2v) is 4.81. The number of quaternary nitrogens is 1. The zero-order valence-electron chi connectivity index (χ0n) is 13.2. The first kappa shape index (κ1) is 17.8. The third-order valence-corrected chi connectivity index (χ3v) is 3.83. The molecule has 18 heavy (non-hydrogen) atoms. The summed E-state index contributed by atoms with van der Waals surface area (Å²) >= 11 is 0. The molecule has 0 aromatic carbocycles. The molecule has 0 radical (unpaired) electrons. The van der Waals surface area contributed by atoms with Crippen molar-refractivity contribution in [3.63, 3.8) is 0 Å². The van der Waals surface area contributed by atoms with E-state index >= 15 is 0 Å². The summed E-state index contributed by atoms with van der Waals surface area (Å²) in [6.45, 7) is 9.73. The van der Waals surface area contributed by atoms with Crippen molar-refractivity contribution in [1.82, 2.24) is 20.5 Å². The highest BCUT2D eigenvalue weighted by atomic mass is 15.9. The molecular weight excluding hydrogens is 228 g/mol. The molecule has 110 valence electrons. The van der Waals surface area contributed by atoms with E-state index in [4.69, 9.17) is 5.73 Å². The van der Waals surface area contributed by atoms with Crippen LogP contribution in [-0.4, -0.2) is 74.9 Å². The summed E-state index contributed by atoms with van der Waals surface area (Å²) < 4.78 is 0.581. The maximum absolute atomic E-state index is 6.11. The largest absolute Gasteiger partial charge is 0.292 e. The van der Waals surface area contributed by atoms with Crippen LogP contribution in [0.5, 0.6) is 0 Å². The van der Waals surface area contributed by atoms with Gasteiger partial charge in [0.25, 0.3) is 5.91 Å². The Morgan fingerprint density at radius 2 is 1.67 bits per heavy atom. The van der Waals surface area contributed by atoms with Crippen molar-refractivity contribution in [3.8, 4) is 0 Å². The number of nitrogens with one attached hydrogen (secondary N) is 2. The molecule has 0 aliphatic heterocycles. The first-order valence-corrected chi connectivity index (χ1v) is 6.82. The molecule has 0 bridgehead atoms. The Labute approximate surface area is 113 Å². The third kappa shape index (κ3) is 2.84. The van der Waals surface area contributed by atoms with Gasteiger partial charge in [0.15, 0.2) is 6.67 Å². The predicted molar refractivity (Wildman–Crippen MR) is 77.3 cm³/mol. The molecule has 0 fully saturated rings. The summed E-state index contributed by atoms with van der Waals surface area (Å²) in [5.41, 5.74) is 6.11. The zero-order chi connectivity index (χ0) is 14.4. The molecular formula is C12H33N6+. The average molecular weight is 261 g/mol. The molecule has 0 aromatic rings. The van der Waals surface area contributed by atoms with Gasteiger partial charge in [0.05, 0.1) is 7.05 Å². The van der Waals surface area contributed by atoms with E-state index in [1.807, 2.05) is 7.05 Å². The maximum atomic E-state index is 6.11. The fourth-order valence-corrected chi connectivity index (χ4v) is 2.86. The summed E-state index contributed by atoms with van der Waals surface area (Å²) in [7, 11) is 8.26. The van der Waals surface area contributed by atoms with Crippen LogP contribution >= 0.6 is 0 Å².